The SMILES string of the molecule is CCOC(C#N)c1ccc(-c2nnc(C)s2)cc1.CCOC(OCC)c1ccc(-c2nnc(C)s2)cc1.COc1cc(-c2cc[c-]o2)cc(O)c1Cl.COc1cc(-c2cc[c-]o2)cc(O)c1Cl.COc1cc(-c2cc[c-]o2)cc(OC)c1Cl.[CH2-]CCC.[Mg+2]. The van der Waals surface area contributed by atoms with Crippen LogP contribution in [0, 0.1) is 50.9 Å². The molecule has 1 unspecified atom stereocenters. The van der Waals surface area contributed by atoms with Gasteiger partial charge in [0.25, 0.3) is 0 Å². The quantitative estimate of drug-likeness (QED) is 0.0463. The molecule has 0 aliphatic heterocycles. The second-order valence-electron chi connectivity index (χ2n) is 17.5. The molecule has 23 heteroatoms. The molecule has 10 rings (SSSR count). The number of unbranched alkanes of at least 4 members (excludes halogenated alkanes) is 1. The molecule has 0 radical (unpaired) electrons. The minimum absolute atomic E-state index is 0. The number of benzene rings is 5. The van der Waals surface area contributed by atoms with Crippen molar-refractivity contribution in [2.75, 3.05) is 48.3 Å². The molecular formula is C65H66Cl3MgN5O12S2-2. The third-order valence-electron chi connectivity index (χ3n) is 11.6. The Labute approximate surface area is 552 Å². The Balaban J connectivity index is 0.000000231. The van der Waals surface area contributed by atoms with Crippen molar-refractivity contribution >= 4 is 80.5 Å². The molecule has 17 nitrogen and oxygen atoms in total. The summed E-state index contributed by atoms with van der Waals surface area (Å²) in [5, 5.41) is 48.9. The molecule has 5 aromatic heterocycles. The number of nitriles is 1. The van der Waals surface area contributed by atoms with E-state index in [9.17, 15) is 10.2 Å². The van der Waals surface area contributed by atoms with Gasteiger partial charge in [-0.2, -0.15) is 29.9 Å². The van der Waals surface area contributed by atoms with Crippen molar-refractivity contribution in [2.45, 2.75) is 66.8 Å². The molecular weight excluding hydrogens is 1240 g/mol. The monoisotopic (exact) mass is 1300 g/mol. The Morgan fingerprint density at radius 2 is 0.864 bits per heavy atom. The van der Waals surface area contributed by atoms with Crippen molar-refractivity contribution in [1.82, 2.24) is 20.4 Å². The number of rotatable bonds is 18. The van der Waals surface area contributed by atoms with E-state index in [1.165, 1.54) is 32.8 Å². The van der Waals surface area contributed by atoms with Crippen molar-refractivity contribution in [3.8, 4) is 95.7 Å². The van der Waals surface area contributed by atoms with E-state index in [0.29, 0.717) is 76.2 Å². The van der Waals surface area contributed by atoms with E-state index >= 15 is 0 Å². The van der Waals surface area contributed by atoms with Gasteiger partial charge in [-0.3, -0.25) is 0 Å². The van der Waals surface area contributed by atoms with Crippen LogP contribution in [0.5, 0.6) is 34.5 Å². The van der Waals surface area contributed by atoms with E-state index in [1.807, 2.05) is 89.2 Å². The second-order valence-corrected chi connectivity index (χ2v) is 21.0. The molecule has 0 amide bonds. The van der Waals surface area contributed by atoms with Crippen LogP contribution in [0.1, 0.15) is 74.1 Å². The van der Waals surface area contributed by atoms with Gasteiger partial charge in [0.15, 0.2) is 12.4 Å². The Morgan fingerprint density at radius 3 is 1.15 bits per heavy atom. The van der Waals surface area contributed by atoms with Gasteiger partial charge in [-0.1, -0.05) is 119 Å². The van der Waals surface area contributed by atoms with Crippen LogP contribution in [-0.2, 0) is 14.2 Å². The zero-order valence-corrected chi connectivity index (χ0v) is 55.6. The number of aromatic nitrogens is 4. The fourth-order valence-electron chi connectivity index (χ4n) is 7.28. The van der Waals surface area contributed by atoms with Crippen LogP contribution in [0.2, 0.25) is 15.1 Å². The van der Waals surface area contributed by atoms with Crippen molar-refractivity contribution < 1.29 is 56.6 Å². The molecule has 0 fully saturated rings. The summed E-state index contributed by atoms with van der Waals surface area (Å²) in [6, 6.07) is 38.2. The molecule has 1 atom stereocenters. The Bertz CT molecular complexity index is 3500. The first-order valence-corrected chi connectivity index (χ1v) is 29.6. The normalized spacial score (nSPS) is 10.6. The minimum atomic E-state index is -0.500. The predicted octanol–water partition coefficient (Wildman–Crippen LogP) is 17.6. The summed E-state index contributed by atoms with van der Waals surface area (Å²) in [7, 11) is 6.08. The molecule has 0 aliphatic rings. The molecule has 10 aromatic rings. The van der Waals surface area contributed by atoms with E-state index in [1.54, 1.807) is 91.5 Å². The summed E-state index contributed by atoms with van der Waals surface area (Å²) in [6.45, 7) is 17.2. The molecule has 88 heavy (non-hydrogen) atoms. The van der Waals surface area contributed by atoms with Crippen molar-refractivity contribution in [3.05, 3.63) is 183 Å². The van der Waals surface area contributed by atoms with E-state index in [2.05, 4.69) is 59.1 Å². The number of aryl methyl sites for hydroxylation is 2. The maximum absolute atomic E-state index is 9.55. The van der Waals surface area contributed by atoms with E-state index in [0.717, 1.165) is 54.3 Å². The number of furan rings is 3. The number of halogens is 3. The predicted molar refractivity (Wildman–Crippen MR) is 346 cm³/mol. The number of phenols is 2. The zero-order chi connectivity index (χ0) is 63.3. The number of aromatic hydroxyl groups is 2. The molecule has 2 N–H and O–H groups in total. The number of hydrogen-bond acceptors (Lipinski definition) is 19. The first-order valence-electron chi connectivity index (χ1n) is 26.9. The van der Waals surface area contributed by atoms with Crippen LogP contribution in [0.25, 0.3) is 55.1 Å². The van der Waals surface area contributed by atoms with Gasteiger partial charge < -0.3 is 63.5 Å². The average molecular weight is 1300 g/mol. The first kappa shape index (κ1) is 73.3. The molecule has 0 aliphatic carbocycles. The summed E-state index contributed by atoms with van der Waals surface area (Å²) in [5.74, 6) is 3.71. The van der Waals surface area contributed by atoms with Gasteiger partial charge in [0.05, 0.1) is 34.5 Å². The summed E-state index contributed by atoms with van der Waals surface area (Å²) < 4.78 is 52.2. The van der Waals surface area contributed by atoms with Gasteiger partial charge in [0, 0.05) is 36.5 Å². The smallest absolute Gasteiger partial charge is 0.591 e. The van der Waals surface area contributed by atoms with Crippen LogP contribution in [0.15, 0.2) is 135 Å². The van der Waals surface area contributed by atoms with E-state index in [4.69, 9.17) is 86.5 Å². The summed E-state index contributed by atoms with van der Waals surface area (Å²) in [5.41, 5.74) is 6.18. The minimum Gasteiger partial charge on any atom is -0.591 e. The maximum atomic E-state index is 9.55. The molecule has 0 bridgehead atoms. The van der Waals surface area contributed by atoms with Crippen molar-refractivity contribution in [1.29, 1.82) is 5.26 Å². The van der Waals surface area contributed by atoms with Crippen LogP contribution in [0.3, 0.4) is 0 Å². The van der Waals surface area contributed by atoms with Gasteiger partial charge >= 0.3 is 23.1 Å². The van der Waals surface area contributed by atoms with Gasteiger partial charge in [0.1, 0.15) is 69.6 Å². The molecule has 5 aromatic carbocycles. The largest absolute Gasteiger partial charge is 2.00 e. The fourth-order valence-corrected chi connectivity index (χ4v) is 9.31. The Hall–Kier alpha value is -7.13. The van der Waals surface area contributed by atoms with Crippen LogP contribution < -0.4 is 18.9 Å². The number of methoxy groups -OCH3 is 4. The van der Waals surface area contributed by atoms with Gasteiger partial charge in [-0.15, -0.1) is 38.6 Å². The zero-order valence-electron chi connectivity index (χ0n) is 50.3. The average Bonchev–Trinajstić information content (AvgIpc) is 3.01. The molecule has 0 spiro atoms. The maximum Gasteiger partial charge on any atom is 2.00 e. The molecule has 460 valence electrons. The fraction of sp³-hybridized carbons (Fsp3) is 0.262. The van der Waals surface area contributed by atoms with Crippen molar-refractivity contribution in [2.24, 2.45) is 0 Å². The van der Waals surface area contributed by atoms with Crippen LogP contribution >= 0.6 is 57.5 Å². The van der Waals surface area contributed by atoms with Gasteiger partial charge in [-0.05, 0) is 129 Å². The second kappa shape index (κ2) is 39.0. The Kier molecular flexibility index (Phi) is 32.5. The van der Waals surface area contributed by atoms with Crippen LogP contribution in [-0.4, -0.2) is 102 Å². The van der Waals surface area contributed by atoms with E-state index < -0.39 is 6.10 Å². The van der Waals surface area contributed by atoms with Gasteiger partial charge in [0.2, 0.25) is 0 Å². The Morgan fingerprint density at radius 1 is 0.523 bits per heavy atom. The van der Waals surface area contributed by atoms with Gasteiger partial charge in [-0.25, -0.2) is 0 Å². The van der Waals surface area contributed by atoms with Crippen LogP contribution in [0.4, 0.5) is 0 Å². The standard InChI is InChI=1S/C14H18N2O2S.C13H13N3OS.C12H10ClO3.2C11H8ClO3.C4H9.Mg/c1-4-17-14(18-5-2)12-8-6-11(7-9-12)13-16-15-10(3)19-13;1-3-17-12(8-14)10-4-6-11(7-5-10)13-16-15-9(2)18-13;1-14-10-6-8(9-4-3-5-16-9)7-11(15-2)12(10)13;2*1-14-10-6-7(5-8(13)11(10)12)9-3-2-4-15-9;1-3-4-2;/h6-9,14H,4-5H2,1-3H3;4-7,12H,3H2,1-2H3;3-4,6-7H,1-2H3;2*2-3,5-6,13H,1H3;1,3-4H2,2H3;/q;;4*-1;+2. The molecule has 0 saturated carbocycles. The topological polar surface area (TPSA) is 220 Å². The number of phenolic OH excluding ortho intramolecular Hbond substituents is 2. The van der Waals surface area contributed by atoms with E-state index in [-0.39, 0.29) is 50.9 Å². The third-order valence-corrected chi connectivity index (χ3v) is 14.5. The summed E-state index contributed by atoms with van der Waals surface area (Å²) in [6.07, 6.45) is 9.25. The first-order chi connectivity index (χ1) is 42.1. The summed E-state index contributed by atoms with van der Waals surface area (Å²) >= 11 is 20.8. The molecule has 0 saturated heterocycles. The number of nitrogens with zero attached hydrogens (tertiary/aromatic N) is 5. The van der Waals surface area contributed by atoms with Crippen molar-refractivity contribution in [3.63, 3.8) is 0 Å². The number of ether oxygens (including phenoxy) is 7. The molecule has 5 heterocycles. The third kappa shape index (κ3) is 21.9. The summed E-state index contributed by atoms with van der Waals surface area (Å²) in [4.78, 5) is 0. The number of hydrogen-bond donors (Lipinski definition) is 2.